The van der Waals surface area contributed by atoms with Crippen molar-refractivity contribution >= 4 is 11.8 Å². The van der Waals surface area contributed by atoms with Gasteiger partial charge in [0.1, 0.15) is 6.04 Å². The average Bonchev–Trinajstić information content (AvgIpc) is 2.88. The number of likely N-dealkylation sites (tertiary alicyclic amines) is 1. The van der Waals surface area contributed by atoms with Crippen LogP contribution in [0.15, 0.2) is 12.3 Å². The largest absolute Gasteiger partial charge is 0.338 e. The van der Waals surface area contributed by atoms with Crippen molar-refractivity contribution in [2.75, 3.05) is 7.05 Å². The standard InChI is InChI=1S/C13H17N3O2/c1-15-12(17)7-11(13(15)18)16-6-5-8-9(14)3-2-4-10(8)16/h5-6,9,11H,2-4,7,14H2,1H3. The quantitative estimate of drug-likeness (QED) is 0.745. The molecule has 1 aromatic rings. The molecule has 0 saturated carbocycles. The Morgan fingerprint density at radius 2 is 2.17 bits per heavy atom. The van der Waals surface area contributed by atoms with E-state index in [1.165, 1.54) is 4.90 Å². The van der Waals surface area contributed by atoms with Crippen LogP contribution in [0.3, 0.4) is 0 Å². The molecule has 0 aromatic carbocycles. The number of carbonyl (C=O) groups excluding carboxylic acids is 2. The first-order valence-electron chi connectivity index (χ1n) is 6.35. The van der Waals surface area contributed by atoms with Gasteiger partial charge in [-0.2, -0.15) is 0 Å². The SMILES string of the molecule is CN1C(=O)CC(n2ccc3c2CCCC3N)C1=O. The second kappa shape index (κ2) is 3.95. The van der Waals surface area contributed by atoms with Crippen LogP contribution in [0.1, 0.15) is 42.6 Å². The summed E-state index contributed by atoms with van der Waals surface area (Å²) in [5.74, 6) is -0.217. The molecule has 1 aliphatic heterocycles. The van der Waals surface area contributed by atoms with E-state index in [0.29, 0.717) is 0 Å². The van der Waals surface area contributed by atoms with E-state index in [9.17, 15) is 9.59 Å². The van der Waals surface area contributed by atoms with Gasteiger partial charge in [0.25, 0.3) is 5.91 Å². The van der Waals surface area contributed by atoms with Gasteiger partial charge in [0.15, 0.2) is 0 Å². The Morgan fingerprint density at radius 1 is 1.39 bits per heavy atom. The average molecular weight is 247 g/mol. The van der Waals surface area contributed by atoms with Crippen molar-refractivity contribution < 1.29 is 9.59 Å². The van der Waals surface area contributed by atoms with Crippen LogP contribution < -0.4 is 5.73 Å². The Labute approximate surface area is 106 Å². The molecule has 1 fully saturated rings. The maximum Gasteiger partial charge on any atom is 0.252 e. The van der Waals surface area contributed by atoms with Gasteiger partial charge in [-0.3, -0.25) is 14.5 Å². The third-order valence-electron chi connectivity index (χ3n) is 4.08. The first kappa shape index (κ1) is 11.5. The molecule has 2 unspecified atom stereocenters. The zero-order valence-electron chi connectivity index (χ0n) is 10.4. The van der Waals surface area contributed by atoms with Gasteiger partial charge in [-0.1, -0.05) is 0 Å². The lowest BCUT2D eigenvalue weighted by molar-refractivity contribution is -0.137. The van der Waals surface area contributed by atoms with Gasteiger partial charge in [0.05, 0.1) is 6.42 Å². The molecular weight excluding hydrogens is 230 g/mol. The van der Waals surface area contributed by atoms with Gasteiger partial charge < -0.3 is 10.3 Å². The Morgan fingerprint density at radius 3 is 2.83 bits per heavy atom. The molecule has 5 heteroatoms. The van der Waals surface area contributed by atoms with Crippen LogP contribution in [0.25, 0.3) is 0 Å². The minimum absolute atomic E-state index is 0.0694. The number of amides is 2. The molecular formula is C13H17N3O2. The number of hydrogen-bond acceptors (Lipinski definition) is 3. The fourth-order valence-corrected chi connectivity index (χ4v) is 3.00. The first-order valence-corrected chi connectivity index (χ1v) is 6.35. The molecule has 3 rings (SSSR count). The van der Waals surface area contributed by atoms with Crippen LogP contribution in [0.2, 0.25) is 0 Å². The van der Waals surface area contributed by atoms with Gasteiger partial charge in [0.2, 0.25) is 5.91 Å². The number of likely N-dealkylation sites (N-methyl/N-ethyl adjacent to an activating group) is 1. The van der Waals surface area contributed by atoms with Crippen molar-refractivity contribution in [3.05, 3.63) is 23.5 Å². The highest BCUT2D eigenvalue weighted by Gasteiger charge is 2.38. The second-order valence-corrected chi connectivity index (χ2v) is 5.13. The summed E-state index contributed by atoms with van der Waals surface area (Å²) >= 11 is 0. The van der Waals surface area contributed by atoms with E-state index in [1.54, 1.807) is 7.05 Å². The Balaban J connectivity index is 1.99. The van der Waals surface area contributed by atoms with Gasteiger partial charge in [-0.05, 0) is 30.9 Å². The van der Waals surface area contributed by atoms with E-state index in [0.717, 1.165) is 30.5 Å². The lowest BCUT2D eigenvalue weighted by Crippen LogP contribution is -2.27. The summed E-state index contributed by atoms with van der Waals surface area (Å²) in [6, 6.07) is 1.70. The van der Waals surface area contributed by atoms with Gasteiger partial charge in [-0.15, -0.1) is 0 Å². The molecule has 5 nitrogen and oxygen atoms in total. The second-order valence-electron chi connectivity index (χ2n) is 5.13. The number of nitrogens with two attached hydrogens (primary N) is 1. The predicted molar refractivity (Wildman–Crippen MR) is 65.7 cm³/mol. The third kappa shape index (κ3) is 1.50. The number of hydrogen-bond donors (Lipinski definition) is 1. The van der Waals surface area contributed by atoms with Crippen LogP contribution in [0, 0.1) is 0 Å². The minimum Gasteiger partial charge on any atom is -0.338 e. The van der Waals surface area contributed by atoms with E-state index in [-0.39, 0.29) is 30.3 Å². The molecule has 0 spiro atoms. The molecule has 2 N–H and O–H groups in total. The Kier molecular flexibility index (Phi) is 2.52. The van der Waals surface area contributed by atoms with E-state index < -0.39 is 0 Å². The molecule has 1 aliphatic carbocycles. The topological polar surface area (TPSA) is 68.3 Å². The fourth-order valence-electron chi connectivity index (χ4n) is 3.00. The summed E-state index contributed by atoms with van der Waals surface area (Å²) in [5.41, 5.74) is 8.34. The molecule has 2 atom stereocenters. The number of nitrogens with zero attached hydrogens (tertiary/aromatic N) is 2. The third-order valence-corrected chi connectivity index (χ3v) is 4.08. The molecule has 2 amide bonds. The van der Waals surface area contributed by atoms with Crippen LogP contribution >= 0.6 is 0 Å². The maximum absolute atomic E-state index is 12.0. The highest BCUT2D eigenvalue weighted by molar-refractivity contribution is 6.04. The number of fused-ring (bicyclic) bond motifs is 1. The molecule has 2 heterocycles. The molecule has 96 valence electrons. The summed E-state index contributed by atoms with van der Waals surface area (Å²) in [5, 5.41) is 0. The highest BCUT2D eigenvalue weighted by Crippen LogP contribution is 2.33. The number of rotatable bonds is 1. The number of aromatic nitrogens is 1. The normalized spacial score (nSPS) is 27.8. The summed E-state index contributed by atoms with van der Waals surface area (Å²) in [4.78, 5) is 24.8. The molecule has 0 bridgehead atoms. The molecule has 2 aliphatic rings. The first-order chi connectivity index (χ1) is 8.59. The highest BCUT2D eigenvalue weighted by atomic mass is 16.2. The zero-order valence-corrected chi connectivity index (χ0v) is 10.4. The lowest BCUT2D eigenvalue weighted by Gasteiger charge is -2.22. The lowest BCUT2D eigenvalue weighted by atomic mass is 9.93. The van der Waals surface area contributed by atoms with Crippen molar-refractivity contribution in [2.24, 2.45) is 5.73 Å². The van der Waals surface area contributed by atoms with Crippen LogP contribution in [0.4, 0.5) is 0 Å². The monoisotopic (exact) mass is 247 g/mol. The van der Waals surface area contributed by atoms with Crippen molar-refractivity contribution in [1.29, 1.82) is 0 Å². The van der Waals surface area contributed by atoms with E-state index >= 15 is 0 Å². The van der Waals surface area contributed by atoms with Crippen LogP contribution in [-0.4, -0.2) is 28.3 Å². The van der Waals surface area contributed by atoms with Crippen LogP contribution in [-0.2, 0) is 16.0 Å². The van der Waals surface area contributed by atoms with Crippen molar-refractivity contribution in [1.82, 2.24) is 9.47 Å². The fraction of sp³-hybridized carbons (Fsp3) is 0.538. The van der Waals surface area contributed by atoms with E-state index in [2.05, 4.69) is 0 Å². The van der Waals surface area contributed by atoms with Gasteiger partial charge in [0, 0.05) is 25.0 Å². The molecule has 18 heavy (non-hydrogen) atoms. The Bertz CT molecular complexity index is 520. The molecule has 0 radical (unpaired) electrons. The van der Waals surface area contributed by atoms with Gasteiger partial charge in [-0.25, -0.2) is 0 Å². The summed E-state index contributed by atoms with van der Waals surface area (Å²) < 4.78 is 1.96. The smallest absolute Gasteiger partial charge is 0.252 e. The molecule has 1 aromatic heterocycles. The number of carbonyl (C=O) groups is 2. The van der Waals surface area contributed by atoms with E-state index in [4.69, 9.17) is 5.73 Å². The predicted octanol–water partition coefficient (Wildman–Crippen LogP) is 0.754. The van der Waals surface area contributed by atoms with Crippen molar-refractivity contribution in [3.8, 4) is 0 Å². The van der Waals surface area contributed by atoms with E-state index in [1.807, 2.05) is 16.8 Å². The Hall–Kier alpha value is -1.62. The number of imide groups is 1. The minimum atomic E-state index is -0.364. The van der Waals surface area contributed by atoms with Crippen molar-refractivity contribution in [2.45, 2.75) is 37.8 Å². The maximum atomic E-state index is 12.0. The molecule has 1 saturated heterocycles. The van der Waals surface area contributed by atoms with Crippen molar-refractivity contribution in [3.63, 3.8) is 0 Å². The zero-order chi connectivity index (χ0) is 12.9. The summed E-state index contributed by atoms with van der Waals surface area (Å²) in [6.07, 6.45) is 5.16. The summed E-state index contributed by atoms with van der Waals surface area (Å²) in [6.45, 7) is 0. The van der Waals surface area contributed by atoms with Gasteiger partial charge >= 0.3 is 0 Å². The van der Waals surface area contributed by atoms with Crippen LogP contribution in [0.5, 0.6) is 0 Å². The summed E-state index contributed by atoms with van der Waals surface area (Å²) in [7, 11) is 1.55.